The average Bonchev–Trinajstić information content (AvgIpc) is 3.13. The quantitative estimate of drug-likeness (QED) is 0.464. The number of Topliss-reactive ketones (excluding diaryl/α,β-unsaturated/α-hetero) is 1. The molecular weight excluding hydrogens is 442 g/mol. The smallest absolute Gasteiger partial charge is 0.311 e. The lowest BCUT2D eigenvalue weighted by Gasteiger charge is -2.20. The zero-order chi connectivity index (χ0) is 21.0. The van der Waals surface area contributed by atoms with Gasteiger partial charge in [0.25, 0.3) is 0 Å². The van der Waals surface area contributed by atoms with Crippen LogP contribution in [0.4, 0.5) is 5.69 Å². The SMILES string of the molecule is COc1ccc(OC)c(N2C[C@@H](C(=O)OCC(=O)c3ccc(Br)cc3)CC2=O)c1. The molecule has 0 saturated carbocycles. The molecule has 1 heterocycles. The molecule has 0 bridgehead atoms. The van der Waals surface area contributed by atoms with Gasteiger partial charge >= 0.3 is 5.97 Å². The van der Waals surface area contributed by atoms with Gasteiger partial charge < -0.3 is 19.1 Å². The van der Waals surface area contributed by atoms with E-state index in [4.69, 9.17) is 14.2 Å². The Balaban J connectivity index is 1.64. The predicted molar refractivity (Wildman–Crippen MR) is 109 cm³/mol. The molecule has 1 fully saturated rings. The molecule has 0 aliphatic carbocycles. The van der Waals surface area contributed by atoms with Gasteiger partial charge in [-0.05, 0) is 24.3 Å². The number of methoxy groups -OCH3 is 2. The van der Waals surface area contributed by atoms with Crippen LogP contribution in [0.3, 0.4) is 0 Å². The number of benzene rings is 2. The molecule has 3 rings (SSSR count). The van der Waals surface area contributed by atoms with Gasteiger partial charge in [-0.15, -0.1) is 0 Å². The highest BCUT2D eigenvalue weighted by atomic mass is 79.9. The zero-order valence-electron chi connectivity index (χ0n) is 16.0. The Morgan fingerprint density at radius 3 is 2.48 bits per heavy atom. The maximum atomic E-state index is 12.5. The summed E-state index contributed by atoms with van der Waals surface area (Å²) in [5.74, 6) is -0.693. The Morgan fingerprint density at radius 1 is 1.10 bits per heavy atom. The molecule has 1 amide bonds. The van der Waals surface area contributed by atoms with Gasteiger partial charge in [-0.3, -0.25) is 14.4 Å². The van der Waals surface area contributed by atoms with Gasteiger partial charge in [0.05, 0.1) is 25.8 Å². The molecule has 29 heavy (non-hydrogen) atoms. The summed E-state index contributed by atoms with van der Waals surface area (Å²) in [6.07, 6.45) is 0.00563. The van der Waals surface area contributed by atoms with Crippen LogP contribution in [0.25, 0.3) is 0 Å². The van der Waals surface area contributed by atoms with Gasteiger partial charge in [0, 0.05) is 29.1 Å². The van der Waals surface area contributed by atoms with E-state index in [1.54, 1.807) is 42.5 Å². The third-order valence-electron chi connectivity index (χ3n) is 4.65. The molecule has 2 aromatic carbocycles. The maximum Gasteiger partial charge on any atom is 0.311 e. The third-order valence-corrected chi connectivity index (χ3v) is 5.18. The Kier molecular flexibility index (Phi) is 6.53. The molecule has 1 aliphatic heterocycles. The number of rotatable bonds is 7. The van der Waals surface area contributed by atoms with Crippen LogP contribution in [0, 0.1) is 5.92 Å². The monoisotopic (exact) mass is 461 g/mol. The summed E-state index contributed by atoms with van der Waals surface area (Å²) >= 11 is 3.30. The number of hydrogen-bond donors (Lipinski definition) is 0. The summed E-state index contributed by atoms with van der Waals surface area (Å²) in [6.45, 7) is -0.221. The predicted octanol–water partition coefficient (Wildman–Crippen LogP) is 3.25. The number of halogens is 1. The summed E-state index contributed by atoms with van der Waals surface area (Å²) in [6, 6.07) is 11.9. The summed E-state index contributed by atoms with van der Waals surface area (Å²) in [7, 11) is 3.03. The van der Waals surface area contributed by atoms with Crippen LogP contribution >= 0.6 is 15.9 Å². The Hall–Kier alpha value is -2.87. The Labute approximate surface area is 176 Å². The number of esters is 1. The summed E-state index contributed by atoms with van der Waals surface area (Å²) in [5, 5.41) is 0. The fourth-order valence-electron chi connectivity index (χ4n) is 3.08. The van der Waals surface area contributed by atoms with Crippen molar-refractivity contribution in [3.05, 3.63) is 52.5 Å². The highest BCUT2D eigenvalue weighted by molar-refractivity contribution is 9.10. The molecule has 1 saturated heterocycles. The number of ketones is 1. The van der Waals surface area contributed by atoms with Gasteiger partial charge in [-0.1, -0.05) is 28.1 Å². The number of anilines is 1. The molecule has 8 heteroatoms. The van der Waals surface area contributed by atoms with Gasteiger partial charge in [0.15, 0.2) is 12.4 Å². The van der Waals surface area contributed by atoms with E-state index in [1.807, 2.05) is 0 Å². The van der Waals surface area contributed by atoms with Crippen LogP contribution in [0.5, 0.6) is 11.5 Å². The average molecular weight is 462 g/mol. The number of hydrogen-bond acceptors (Lipinski definition) is 6. The van der Waals surface area contributed by atoms with E-state index in [0.29, 0.717) is 22.7 Å². The van der Waals surface area contributed by atoms with Crippen LogP contribution in [-0.2, 0) is 14.3 Å². The first kappa shape index (κ1) is 20.9. The van der Waals surface area contributed by atoms with Gasteiger partial charge in [0.2, 0.25) is 5.91 Å². The van der Waals surface area contributed by atoms with E-state index in [2.05, 4.69) is 15.9 Å². The highest BCUT2D eigenvalue weighted by Crippen LogP contribution is 2.36. The molecule has 152 valence electrons. The Morgan fingerprint density at radius 2 is 1.83 bits per heavy atom. The van der Waals surface area contributed by atoms with Crippen molar-refractivity contribution < 1.29 is 28.6 Å². The normalized spacial score (nSPS) is 15.9. The molecular formula is C21H20BrNO6. The Bertz CT molecular complexity index is 927. The number of carbonyl (C=O) groups excluding carboxylic acids is 3. The first-order valence-corrected chi connectivity index (χ1v) is 9.70. The van der Waals surface area contributed by atoms with Gasteiger partial charge in [0.1, 0.15) is 11.5 Å². The van der Waals surface area contributed by atoms with Crippen LogP contribution in [0.1, 0.15) is 16.8 Å². The lowest BCUT2D eigenvalue weighted by Crippen LogP contribution is -2.27. The van der Waals surface area contributed by atoms with Crippen LogP contribution in [-0.4, -0.2) is 45.0 Å². The standard InChI is InChI=1S/C21H20BrNO6/c1-27-16-7-8-19(28-2)17(10-16)23-11-14(9-20(23)25)21(26)29-12-18(24)13-3-5-15(22)6-4-13/h3-8,10,14H,9,11-12H2,1-2H3/t14-/m0/s1. The van der Waals surface area contributed by atoms with Crippen molar-refractivity contribution in [2.45, 2.75) is 6.42 Å². The van der Waals surface area contributed by atoms with Gasteiger partial charge in [-0.2, -0.15) is 0 Å². The molecule has 7 nitrogen and oxygen atoms in total. The molecule has 2 aromatic rings. The minimum atomic E-state index is -0.656. The molecule has 0 aromatic heterocycles. The number of ether oxygens (including phenoxy) is 3. The third kappa shape index (κ3) is 4.76. The first-order valence-electron chi connectivity index (χ1n) is 8.90. The van der Waals surface area contributed by atoms with Crippen molar-refractivity contribution in [3.63, 3.8) is 0 Å². The van der Waals surface area contributed by atoms with E-state index < -0.39 is 11.9 Å². The molecule has 1 aliphatic rings. The molecule has 0 radical (unpaired) electrons. The number of nitrogens with zero attached hydrogens (tertiary/aromatic N) is 1. The van der Waals surface area contributed by atoms with E-state index in [-0.39, 0.29) is 31.3 Å². The lowest BCUT2D eigenvalue weighted by molar-refractivity contribution is -0.147. The lowest BCUT2D eigenvalue weighted by atomic mass is 10.1. The minimum absolute atomic E-state index is 0.00563. The largest absolute Gasteiger partial charge is 0.497 e. The second kappa shape index (κ2) is 9.09. The van der Waals surface area contributed by atoms with E-state index in [9.17, 15) is 14.4 Å². The molecule has 0 spiro atoms. The van der Waals surface area contributed by atoms with Crippen LogP contribution in [0.15, 0.2) is 46.9 Å². The molecule has 0 unspecified atom stereocenters. The zero-order valence-corrected chi connectivity index (χ0v) is 17.6. The second-order valence-corrected chi connectivity index (χ2v) is 7.40. The van der Waals surface area contributed by atoms with Crippen molar-refractivity contribution in [3.8, 4) is 11.5 Å². The summed E-state index contributed by atoms with van der Waals surface area (Å²) < 4.78 is 16.6. The fraction of sp³-hybridized carbons (Fsp3) is 0.286. The molecule has 0 N–H and O–H groups in total. The van der Waals surface area contributed by atoms with Crippen molar-refractivity contribution in [2.24, 2.45) is 5.92 Å². The maximum absolute atomic E-state index is 12.5. The number of amides is 1. The van der Waals surface area contributed by atoms with Crippen LogP contribution < -0.4 is 14.4 Å². The topological polar surface area (TPSA) is 82.1 Å². The van der Waals surface area contributed by atoms with E-state index in [1.165, 1.54) is 19.1 Å². The highest BCUT2D eigenvalue weighted by Gasteiger charge is 2.37. The second-order valence-electron chi connectivity index (χ2n) is 6.48. The van der Waals surface area contributed by atoms with E-state index in [0.717, 1.165) is 4.47 Å². The van der Waals surface area contributed by atoms with Crippen molar-refractivity contribution in [1.29, 1.82) is 0 Å². The molecule has 1 atom stereocenters. The van der Waals surface area contributed by atoms with E-state index >= 15 is 0 Å². The minimum Gasteiger partial charge on any atom is -0.497 e. The number of carbonyl (C=O) groups is 3. The van der Waals surface area contributed by atoms with Crippen molar-refractivity contribution >= 4 is 39.3 Å². The van der Waals surface area contributed by atoms with Gasteiger partial charge in [-0.25, -0.2) is 0 Å². The fourth-order valence-corrected chi connectivity index (χ4v) is 3.34. The summed E-state index contributed by atoms with van der Waals surface area (Å²) in [4.78, 5) is 38.6. The summed E-state index contributed by atoms with van der Waals surface area (Å²) in [5.41, 5.74) is 0.976. The van der Waals surface area contributed by atoms with Crippen LogP contribution in [0.2, 0.25) is 0 Å². The van der Waals surface area contributed by atoms with Crippen molar-refractivity contribution in [2.75, 3.05) is 32.3 Å². The van der Waals surface area contributed by atoms with Crippen molar-refractivity contribution in [1.82, 2.24) is 0 Å². The first-order chi connectivity index (χ1) is 13.9.